The number of aliphatic hydroxyl groups is 1. The second-order valence-electron chi connectivity index (χ2n) is 10.0. The molecule has 0 aliphatic heterocycles. The highest BCUT2D eigenvalue weighted by molar-refractivity contribution is 5.91. The maximum Gasteiger partial charge on any atom is 0.303 e. The van der Waals surface area contributed by atoms with Crippen molar-refractivity contribution in [2.45, 2.75) is 71.8 Å². The van der Waals surface area contributed by atoms with Gasteiger partial charge in [0.2, 0.25) is 0 Å². The molecule has 5 heteroatoms. The molecule has 0 amide bonds. The van der Waals surface area contributed by atoms with Gasteiger partial charge in [-0.3, -0.25) is 14.4 Å². The van der Waals surface area contributed by atoms with Crippen LogP contribution in [-0.2, 0) is 19.1 Å². The van der Waals surface area contributed by atoms with Crippen LogP contribution in [0.1, 0.15) is 65.7 Å². The molecule has 3 fully saturated rings. The number of rotatable bonds is 3. The molecular weight excluding hydrogens is 356 g/mol. The van der Waals surface area contributed by atoms with E-state index in [0.717, 1.165) is 32.1 Å². The van der Waals surface area contributed by atoms with Gasteiger partial charge >= 0.3 is 5.97 Å². The molecule has 0 aromatic carbocycles. The van der Waals surface area contributed by atoms with Crippen LogP contribution >= 0.6 is 0 Å². The maximum atomic E-state index is 12.8. The van der Waals surface area contributed by atoms with Crippen LogP contribution in [0.3, 0.4) is 0 Å². The molecule has 0 aromatic heterocycles. The molecule has 154 valence electrons. The Morgan fingerprint density at radius 2 is 1.96 bits per heavy atom. The first-order valence-electron chi connectivity index (χ1n) is 10.7. The first-order valence-corrected chi connectivity index (χ1v) is 10.7. The normalized spacial score (nSPS) is 44.8. The molecule has 28 heavy (non-hydrogen) atoms. The molecule has 0 bridgehead atoms. The van der Waals surface area contributed by atoms with Crippen LogP contribution in [0, 0.1) is 34.5 Å². The van der Waals surface area contributed by atoms with Gasteiger partial charge in [-0.25, -0.2) is 0 Å². The third-order valence-corrected chi connectivity index (χ3v) is 8.70. The molecule has 4 aliphatic carbocycles. The first kappa shape index (κ1) is 19.8. The largest absolute Gasteiger partial charge is 0.458 e. The molecule has 0 spiro atoms. The third-order valence-electron chi connectivity index (χ3n) is 8.70. The van der Waals surface area contributed by atoms with E-state index in [4.69, 9.17) is 4.74 Å². The van der Waals surface area contributed by atoms with Gasteiger partial charge in [-0.1, -0.05) is 19.4 Å². The number of hydrogen-bond donors (Lipinski definition) is 1. The van der Waals surface area contributed by atoms with Gasteiger partial charge in [-0.2, -0.15) is 0 Å². The van der Waals surface area contributed by atoms with Crippen LogP contribution in [0.25, 0.3) is 0 Å². The highest BCUT2D eigenvalue weighted by atomic mass is 16.5. The number of hydrogen-bond acceptors (Lipinski definition) is 5. The number of esters is 1. The Balaban J connectivity index is 1.61. The van der Waals surface area contributed by atoms with E-state index in [9.17, 15) is 19.5 Å². The standard InChI is InChI=1S/C23H32O5/c1-13(24)28-12-20(27)18-7-6-17-16-5-4-14-10-15(25)8-9-22(14,2)21(16)19(26)11-23(17,18)3/h10,16-19,21,26H,4-9,11-12H2,1-3H3. The summed E-state index contributed by atoms with van der Waals surface area (Å²) in [6, 6.07) is 0. The van der Waals surface area contributed by atoms with E-state index >= 15 is 0 Å². The van der Waals surface area contributed by atoms with E-state index in [0.29, 0.717) is 24.7 Å². The van der Waals surface area contributed by atoms with Gasteiger partial charge in [0, 0.05) is 19.3 Å². The van der Waals surface area contributed by atoms with Crippen molar-refractivity contribution in [1.82, 2.24) is 0 Å². The van der Waals surface area contributed by atoms with Crippen LogP contribution in [0.5, 0.6) is 0 Å². The number of Topliss-reactive ketones (excluding diaryl/α,β-unsaturated/α-hetero) is 1. The number of ether oxygens (including phenoxy) is 1. The van der Waals surface area contributed by atoms with E-state index < -0.39 is 12.1 Å². The Kier molecular flexibility index (Phi) is 4.80. The Morgan fingerprint density at radius 1 is 1.21 bits per heavy atom. The quantitative estimate of drug-likeness (QED) is 0.751. The zero-order chi connectivity index (χ0) is 20.3. The van der Waals surface area contributed by atoms with Gasteiger partial charge < -0.3 is 9.84 Å². The van der Waals surface area contributed by atoms with Crippen molar-refractivity contribution >= 4 is 17.5 Å². The van der Waals surface area contributed by atoms with Gasteiger partial charge in [0.25, 0.3) is 0 Å². The lowest BCUT2D eigenvalue weighted by Gasteiger charge is -2.59. The van der Waals surface area contributed by atoms with Gasteiger partial charge in [0.05, 0.1) is 6.10 Å². The molecule has 0 saturated heterocycles. The first-order chi connectivity index (χ1) is 13.2. The van der Waals surface area contributed by atoms with Gasteiger partial charge in [0.1, 0.15) is 6.61 Å². The smallest absolute Gasteiger partial charge is 0.303 e. The van der Waals surface area contributed by atoms with Crippen LogP contribution in [0.15, 0.2) is 11.6 Å². The summed E-state index contributed by atoms with van der Waals surface area (Å²) in [6.07, 6.45) is 7.12. The summed E-state index contributed by atoms with van der Waals surface area (Å²) < 4.78 is 4.98. The molecule has 0 heterocycles. The third kappa shape index (κ3) is 2.89. The molecule has 0 radical (unpaired) electrons. The van der Waals surface area contributed by atoms with Crippen molar-refractivity contribution in [2.75, 3.05) is 6.61 Å². The lowest BCUT2D eigenvalue weighted by atomic mass is 9.46. The number of aliphatic hydroxyl groups excluding tert-OH is 1. The Hall–Kier alpha value is -1.49. The van der Waals surface area contributed by atoms with E-state index in [1.54, 1.807) is 0 Å². The zero-order valence-electron chi connectivity index (χ0n) is 17.2. The minimum absolute atomic E-state index is 0.00304. The fourth-order valence-corrected chi connectivity index (χ4v) is 7.49. The average Bonchev–Trinajstić information content (AvgIpc) is 2.96. The van der Waals surface area contributed by atoms with Gasteiger partial charge in [-0.05, 0) is 73.2 Å². The minimum Gasteiger partial charge on any atom is -0.458 e. The molecule has 4 aliphatic rings. The van der Waals surface area contributed by atoms with Crippen molar-refractivity contribution in [3.63, 3.8) is 0 Å². The van der Waals surface area contributed by atoms with Crippen molar-refractivity contribution < 1.29 is 24.2 Å². The molecule has 1 N–H and O–H groups in total. The number of carbonyl (C=O) groups is 3. The van der Waals surface area contributed by atoms with E-state index in [1.807, 2.05) is 6.08 Å². The molecule has 7 atom stereocenters. The van der Waals surface area contributed by atoms with Gasteiger partial charge in [0.15, 0.2) is 11.6 Å². The van der Waals surface area contributed by atoms with Crippen LogP contribution in [0.2, 0.25) is 0 Å². The summed E-state index contributed by atoms with van der Waals surface area (Å²) in [5, 5.41) is 11.3. The van der Waals surface area contributed by atoms with E-state index in [1.165, 1.54) is 12.5 Å². The second kappa shape index (κ2) is 6.79. The number of fused-ring (bicyclic) bond motifs is 5. The molecule has 3 saturated carbocycles. The van der Waals surface area contributed by atoms with Crippen molar-refractivity contribution in [2.24, 2.45) is 34.5 Å². The predicted molar refractivity (Wildman–Crippen MR) is 103 cm³/mol. The van der Waals surface area contributed by atoms with Crippen LogP contribution in [-0.4, -0.2) is 35.4 Å². The fraction of sp³-hybridized carbons (Fsp3) is 0.783. The summed E-state index contributed by atoms with van der Waals surface area (Å²) in [4.78, 5) is 35.9. The monoisotopic (exact) mass is 388 g/mol. The van der Waals surface area contributed by atoms with E-state index in [2.05, 4.69) is 13.8 Å². The second-order valence-corrected chi connectivity index (χ2v) is 10.0. The van der Waals surface area contributed by atoms with Crippen LogP contribution < -0.4 is 0 Å². The maximum absolute atomic E-state index is 12.8. The zero-order valence-corrected chi connectivity index (χ0v) is 17.2. The predicted octanol–water partition coefficient (Wildman–Crippen LogP) is 3.24. The SMILES string of the molecule is CC(=O)OCC(=O)C1CCC2C3CCC4=CC(=O)CCC4(C)C3C(O)CC12C. The minimum atomic E-state index is -0.463. The molecule has 7 unspecified atom stereocenters. The highest BCUT2D eigenvalue weighted by Crippen LogP contribution is 2.66. The topological polar surface area (TPSA) is 80.7 Å². The van der Waals surface area contributed by atoms with Crippen LogP contribution in [0.4, 0.5) is 0 Å². The van der Waals surface area contributed by atoms with Gasteiger partial charge in [-0.15, -0.1) is 0 Å². The van der Waals surface area contributed by atoms with Crippen molar-refractivity contribution in [3.8, 4) is 0 Å². The lowest BCUT2D eigenvalue weighted by molar-refractivity contribution is -0.154. The summed E-state index contributed by atoms with van der Waals surface area (Å²) in [7, 11) is 0. The molecule has 4 rings (SSSR count). The average molecular weight is 389 g/mol. The Labute approximate surface area is 166 Å². The summed E-state index contributed by atoms with van der Waals surface area (Å²) in [6.45, 7) is 5.58. The van der Waals surface area contributed by atoms with Crippen molar-refractivity contribution in [3.05, 3.63) is 11.6 Å². The number of ketones is 2. The van der Waals surface area contributed by atoms with E-state index in [-0.39, 0.29) is 40.8 Å². The molecule has 0 aromatic rings. The Bertz CT molecular complexity index is 739. The number of carbonyl (C=O) groups excluding carboxylic acids is 3. The molecule has 5 nitrogen and oxygen atoms in total. The summed E-state index contributed by atoms with van der Waals surface area (Å²) in [5.41, 5.74) is 0.894. The summed E-state index contributed by atoms with van der Waals surface area (Å²) >= 11 is 0. The fourth-order valence-electron chi connectivity index (χ4n) is 7.49. The number of allylic oxidation sites excluding steroid dienone is 1. The lowest BCUT2D eigenvalue weighted by Crippen LogP contribution is -2.57. The van der Waals surface area contributed by atoms with Crippen molar-refractivity contribution in [1.29, 1.82) is 0 Å². The molecular formula is C23H32O5. The summed E-state index contributed by atoms with van der Waals surface area (Å²) in [5.74, 6) is 0.600. The highest BCUT2D eigenvalue weighted by Gasteiger charge is 2.62. The Morgan fingerprint density at radius 3 is 2.68 bits per heavy atom.